The summed E-state index contributed by atoms with van der Waals surface area (Å²) in [4.78, 5) is 11.2. The summed E-state index contributed by atoms with van der Waals surface area (Å²) in [6.45, 7) is 15.5. The molecule has 0 saturated heterocycles. The minimum absolute atomic E-state index is 0.137. The predicted octanol–water partition coefficient (Wildman–Crippen LogP) is 6.20. The number of hydrogen-bond acceptors (Lipinski definition) is 2. The molecule has 0 radical (unpaired) electrons. The molecular formula is C23H36O2S. The van der Waals surface area contributed by atoms with Crippen molar-refractivity contribution in [3.8, 4) is 0 Å². The topological polar surface area (TPSA) is 37.3 Å². The molecule has 2 rings (SSSR count). The second-order valence-corrected chi connectivity index (χ2v) is 11.6. The molecule has 1 N–H and O–H groups in total. The fourth-order valence-corrected chi connectivity index (χ4v) is 5.11. The van der Waals surface area contributed by atoms with Crippen LogP contribution in [0, 0.1) is 5.92 Å². The molecule has 26 heavy (non-hydrogen) atoms. The van der Waals surface area contributed by atoms with Crippen molar-refractivity contribution in [2.75, 3.05) is 0 Å². The minimum atomic E-state index is -0.689. The third kappa shape index (κ3) is 5.52. The van der Waals surface area contributed by atoms with Gasteiger partial charge in [-0.25, -0.2) is 0 Å². The molecule has 1 fully saturated rings. The highest BCUT2D eigenvalue weighted by molar-refractivity contribution is 8.01. The number of carbonyl (C=O) groups is 1. The largest absolute Gasteiger partial charge is 0.480 e. The summed E-state index contributed by atoms with van der Waals surface area (Å²) in [7, 11) is 0. The molecule has 3 unspecified atom stereocenters. The van der Waals surface area contributed by atoms with Crippen LogP contribution in [-0.2, 0) is 22.0 Å². The Labute approximate surface area is 164 Å². The van der Waals surface area contributed by atoms with Crippen molar-refractivity contribution in [3.05, 3.63) is 34.9 Å². The monoisotopic (exact) mass is 376 g/mol. The van der Waals surface area contributed by atoms with Gasteiger partial charge in [0, 0.05) is 5.25 Å². The van der Waals surface area contributed by atoms with Crippen molar-refractivity contribution in [2.45, 2.75) is 95.5 Å². The molecule has 0 aromatic heterocycles. The van der Waals surface area contributed by atoms with E-state index in [-0.39, 0.29) is 16.1 Å². The van der Waals surface area contributed by atoms with Crippen molar-refractivity contribution < 1.29 is 9.90 Å². The number of carboxylic acids is 1. The Morgan fingerprint density at radius 2 is 1.62 bits per heavy atom. The van der Waals surface area contributed by atoms with E-state index in [2.05, 4.69) is 59.7 Å². The molecule has 146 valence electrons. The van der Waals surface area contributed by atoms with Crippen LogP contribution in [0.4, 0.5) is 0 Å². The van der Waals surface area contributed by atoms with Gasteiger partial charge < -0.3 is 5.11 Å². The number of aliphatic carboxylic acids is 1. The number of rotatable bonds is 5. The Kier molecular flexibility index (Phi) is 6.53. The van der Waals surface area contributed by atoms with Crippen molar-refractivity contribution >= 4 is 17.7 Å². The van der Waals surface area contributed by atoms with Crippen LogP contribution in [0.15, 0.2) is 18.2 Å². The lowest BCUT2D eigenvalue weighted by molar-refractivity contribution is -0.136. The Bertz CT molecular complexity index is 604. The lowest BCUT2D eigenvalue weighted by Gasteiger charge is -2.27. The first kappa shape index (κ1) is 21.3. The first-order chi connectivity index (χ1) is 11.9. The van der Waals surface area contributed by atoms with Gasteiger partial charge >= 0.3 is 5.97 Å². The van der Waals surface area contributed by atoms with Crippen LogP contribution < -0.4 is 0 Å². The van der Waals surface area contributed by atoms with Gasteiger partial charge in [-0.05, 0) is 59.6 Å². The summed E-state index contributed by atoms with van der Waals surface area (Å²) in [6.07, 6.45) is 4.66. The van der Waals surface area contributed by atoms with E-state index >= 15 is 0 Å². The minimum Gasteiger partial charge on any atom is -0.480 e. The van der Waals surface area contributed by atoms with E-state index in [9.17, 15) is 9.90 Å². The lowest BCUT2D eigenvalue weighted by Crippen LogP contribution is -2.22. The number of benzene rings is 1. The van der Waals surface area contributed by atoms with E-state index in [0.29, 0.717) is 11.2 Å². The molecular weight excluding hydrogens is 340 g/mol. The highest BCUT2D eigenvalue weighted by atomic mass is 32.2. The van der Waals surface area contributed by atoms with Crippen molar-refractivity contribution in [2.24, 2.45) is 5.92 Å². The lowest BCUT2D eigenvalue weighted by atomic mass is 9.78. The molecule has 0 spiro atoms. The van der Waals surface area contributed by atoms with Gasteiger partial charge in [0.2, 0.25) is 0 Å². The highest BCUT2D eigenvalue weighted by Gasteiger charge is 2.31. The molecule has 1 aliphatic carbocycles. The molecule has 0 bridgehead atoms. The van der Waals surface area contributed by atoms with E-state index < -0.39 is 5.97 Å². The summed E-state index contributed by atoms with van der Waals surface area (Å²) in [5.74, 6) is -0.102. The number of carboxylic acid groups (broad SMARTS) is 1. The third-order valence-electron chi connectivity index (χ3n) is 5.54. The Hall–Kier alpha value is -0.960. The van der Waals surface area contributed by atoms with Crippen molar-refractivity contribution in [1.82, 2.24) is 0 Å². The summed E-state index contributed by atoms with van der Waals surface area (Å²) in [6, 6.07) is 7.14. The van der Waals surface area contributed by atoms with Crippen LogP contribution in [0.1, 0.15) is 84.4 Å². The SMILES string of the molecule is CC(SC1CCCC1Cc1cc(C(C)(C)C)cc(C(C)(C)C)c1)C(=O)O. The molecule has 3 heteroatoms. The highest BCUT2D eigenvalue weighted by Crippen LogP contribution is 2.40. The first-order valence-corrected chi connectivity index (χ1v) is 10.9. The Balaban J connectivity index is 2.26. The van der Waals surface area contributed by atoms with Crippen molar-refractivity contribution in [3.63, 3.8) is 0 Å². The Morgan fingerprint density at radius 3 is 2.08 bits per heavy atom. The van der Waals surface area contributed by atoms with Gasteiger partial charge in [-0.1, -0.05) is 66.2 Å². The second kappa shape index (κ2) is 7.96. The van der Waals surface area contributed by atoms with E-state index in [0.717, 1.165) is 12.8 Å². The summed E-state index contributed by atoms with van der Waals surface area (Å²) >= 11 is 1.66. The summed E-state index contributed by atoms with van der Waals surface area (Å²) < 4.78 is 0. The Morgan fingerprint density at radius 1 is 1.08 bits per heavy atom. The molecule has 2 nitrogen and oxygen atoms in total. The van der Waals surface area contributed by atoms with Gasteiger partial charge in [0.15, 0.2) is 0 Å². The molecule has 3 atom stereocenters. The molecule has 1 aliphatic rings. The van der Waals surface area contributed by atoms with Gasteiger partial charge in [0.1, 0.15) is 0 Å². The fourth-order valence-electron chi connectivity index (χ4n) is 3.71. The molecule has 1 aromatic carbocycles. The molecule has 1 aromatic rings. The van der Waals surface area contributed by atoms with Crippen LogP contribution in [0.3, 0.4) is 0 Å². The van der Waals surface area contributed by atoms with Crippen molar-refractivity contribution in [1.29, 1.82) is 0 Å². The number of hydrogen-bond donors (Lipinski definition) is 1. The van der Waals surface area contributed by atoms with Gasteiger partial charge in [-0.3, -0.25) is 4.79 Å². The van der Waals surface area contributed by atoms with Gasteiger partial charge in [0.05, 0.1) is 5.25 Å². The van der Waals surface area contributed by atoms with E-state index in [1.165, 1.54) is 29.5 Å². The average molecular weight is 377 g/mol. The van der Waals surface area contributed by atoms with Crippen LogP contribution >= 0.6 is 11.8 Å². The quantitative estimate of drug-likeness (QED) is 0.665. The van der Waals surface area contributed by atoms with Crippen LogP contribution in [0.25, 0.3) is 0 Å². The standard InChI is InChI=1S/C23H36O2S/c1-15(21(24)25)26-20-10-8-9-17(20)11-16-12-18(22(2,3)4)14-19(13-16)23(5,6)7/h12-15,17,20H,8-11H2,1-7H3,(H,24,25). The average Bonchev–Trinajstić information content (AvgIpc) is 2.92. The maximum atomic E-state index is 11.2. The first-order valence-electron chi connectivity index (χ1n) is 9.91. The van der Waals surface area contributed by atoms with Gasteiger partial charge in [-0.15, -0.1) is 11.8 Å². The predicted molar refractivity (Wildman–Crippen MR) is 113 cm³/mol. The second-order valence-electron chi connectivity index (χ2n) is 9.97. The van der Waals surface area contributed by atoms with Crippen LogP contribution in [-0.4, -0.2) is 21.6 Å². The smallest absolute Gasteiger partial charge is 0.316 e. The molecule has 1 saturated carbocycles. The normalized spacial score (nSPS) is 22.4. The van der Waals surface area contributed by atoms with Crippen LogP contribution in [0.5, 0.6) is 0 Å². The zero-order chi connectivity index (χ0) is 19.7. The van der Waals surface area contributed by atoms with E-state index in [4.69, 9.17) is 0 Å². The maximum absolute atomic E-state index is 11.2. The maximum Gasteiger partial charge on any atom is 0.316 e. The summed E-state index contributed by atoms with van der Waals surface area (Å²) in [5.41, 5.74) is 4.50. The molecule has 0 heterocycles. The molecule has 0 aliphatic heterocycles. The van der Waals surface area contributed by atoms with E-state index in [1.54, 1.807) is 11.8 Å². The van der Waals surface area contributed by atoms with Gasteiger partial charge in [-0.2, -0.15) is 0 Å². The zero-order valence-electron chi connectivity index (χ0n) is 17.6. The van der Waals surface area contributed by atoms with Gasteiger partial charge in [0.25, 0.3) is 0 Å². The third-order valence-corrected chi connectivity index (χ3v) is 7.12. The zero-order valence-corrected chi connectivity index (χ0v) is 18.4. The molecule has 0 amide bonds. The van der Waals surface area contributed by atoms with Crippen LogP contribution in [0.2, 0.25) is 0 Å². The fraction of sp³-hybridized carbons (Fsp3) is 0.696. The number of thioether (sulfide) groups is 1. The van der Waals surface area contributed by atoms with E-state index in [1.807, 2.05) is 6.92 Å². The summed E-state index contributed by atoms with van der Waals surface area (Å²) in [5, 5.41) is 9.41.